The summed E-state index contributed by atoms with van der Waals surface area (Å²) in [6.07, 6.45) is 2.99. The van der Waals surface area contributed by atoms with E-state index in [1.165, 1.54) is 16.8 Å². The lowest BCUT2D eigenvalue weighted by molar-refractivity contribution is 0.762. The van der Waals surface area contributed by atoms with Crippen LogP contribution in [0.3, 0.4) is 0 Å². The first kappa shape index (κ1) is 14.6. The van der Waals surface area contributed by atoms with Crippen LogP contribution < -0.4 is 5.32 Å². The first-order valence-corrected chi connectivity index (χ1v) is 7.42. The lowest BCUT2D eigenvalue weighted by Gasteiger charge is -2.15. The minimum absolute atomic E-state index is 0.716. The fourth-order valence-electron chi connectivity index (χ4n) is 2.50. The first-order chi connectivity index (χ1) is 9.71. The molecule has 0 amide bonds. The third kappa shape index (κ3) is 2.84. The molecule has 0 spiro atoms. The molecule has 0 saturated heterocycles. The Balaban J connectivity index is 2.20. The average Bonchev–Trinajstić information content (AvgIpc) is 2.84. The van der Waals surface area contributed by atoms with Crippen molar-refractivity contribution in [2.24, 2.45) is 7.05 Å². The van der Waals surface area contributed by atoms with Gasteiger partial charge in [0, 0.05) is 19.2 Å². The Bertz CT molecular complexity index is 550. The fraction of sp³-hybridized carbons (Fsp3) is 0.500. The van der Waals surface area contributed by atoms with E-state index in [2.05, 4.69) is 59.1 Å². The number of aryl methyl sites for hydroxylation is 3. The molecule has 0 radical (unpaired) electrons. The second-order valence-corrected chi connectivity index (χ2v) is 4.96. The number of hydrogen-bond donors (Lipinski definition) is 1. The molecule has 0 aliphatic carbocycles. The molecule has 0 aliphatic heterocycles. The van der Waals surface area contributed by atoms with Crippen molar-refractivity contribution < 1.29 is 0 Å². The summed E-state index contributed by atoms with van der Waals surface area (Å²) in [5.74, 6) is 2.01. The summed E-state index contributed by atoms with van der Waals surface area (Å²) >= 11 is 0. The van der Waals surface area contributed by atoms with Crippen LogP contribution in [0.5, 0.6) is 0 Å². The highest BCUT2D eigenvalue weighted by Crippen LogP contribution is 2.23. The molecular formula is C16H24N4. The minimum atomic E-state index is 0.716. The van der Waals surface area contributed by atoms with Crippen molar-refractivity contribution in [2.75, 3.05) is 5.32 Å². The normalized spacial score (nSPS) is 10.8. The smallest absolute Gasteiger partial charge is 0.152 e. The van der Waals surface area contributed by atoms with Crippen LogP contribution in [0, 0.1) is 0 Å². The van der Waals surface area contributed by atoms with Crippen molar-refractivity contribution in [1.82, 2.24) is 14.8 Å². The topological polar surface area (TPSA) is 42.7 Å². The Morgan fingerprint density at radius 3 is 2.05 bits per heavy atom. The van der Waals surface area contributed by atoms with Gasteiger partial charge in [-0.2, -0.15) is 0 Å². The largest absolute Gasteiger partial charge is 0.377 e. The zero-order valence-electron chi connectivity index (χ0n) is 12.9. The van der Waals surface area contributed by atoms with E-state index < -0.39 is 0 Å². The van der Waals surface area contributed by atoms with Crippen molar-refractivity contribution in [2.45, 2.75) is 46.6 Å². The molecule has 1 heterocycles. The van der Waals surface area contributed by atoms with E-state index in [0.717, 1.165) is 30.9 Å². The maximum atomic E-state index is 4.26. The van der Waals surface area contributed by atoms with Crippen molar-refractivity contribution in [3.63, 3.8) is 0 Å². The molecule has 1 aromatic carbocycles. The van der Waals surface area contributed by atoms with E-state index in [4.69, 9.17) is 0 Å². The van der Waals surface area contributed by atoms with Gasteiger partial charge < -0.3 is 9.88 Å². The summed E-state index contributed by atoms with van der Waals surface area (Å²) in [7, 11) is 2.03. The molecule has 1 aromatic heterocycles. The van der Waals surface area contributed by atoms with E-state index in [1.54, 1.807) is 0 Å². The van der Waals surface area contributed by atoms with Gasteiger partial charge in [-0.25, -0.2) is 0 Å². The van der Waals surface area contributed by atoms with Gasteiger partial charge in [0.05, 0.1) is 6.54 Å². The van der Waals surface area contributed by atoms with Crippen molar-refractivity contribution in [3.05, 3.63) is 41.0 Å². The molecule has 0 saturated carbocycles. The Labute approximate surface area is 121 Å². The van der Waals surface area contributed by atoms with E-state index in [-0.39, 0.29) is 0 Å². The van der Waals surface area contributed by atoms with E-state index in [9.17, 15) is 0 Å². The lowest BCUT2D eigenvalue weighted by Crippen LogP contribution is -2.10. The quantitative estimate of drug-likeness (QED) is 0.878. The SMILES string of the molecule is CCc1cccc(CC)c1NCc1nnc(CC)n1C. The van der Waals surface area contributed by atoms with Gasteiger partial charge in [-0.1, -0.05) is 39.0 Å². The molecule has 1 N–H and O–H groups in total. The fourth-order valence-corrected chi connectivity index (χ4v) is 2.50. The molecular weight excluding hydrogens is 248 g/mol. The van der Waals surface area contributed by atoms with Crippen LogP contribution in [0.25, 0.3) is 0 Å². The second-order valence-electron chi connectivity index (χ2n) is 4.96. The van der Waals surface area contributed by atoms with Gasteiger partial charge in [0.15, 0.2) is 5.82 Å². The molecule has 0 fully saturated rings. The average molecular weight is 272 g/mol. The van der Waals surface area contributed by atoms with Crippen LogP contribution in [0.2, 0.25) is 0 Å². The highest BCUT2D eigenvalue weighted by molar-refractivity contribution is 5.57. The van der Waals surface area contributed by atoms with Crippen molar-refractivity contribution in [3.8, 4) is 0 Å². The molecule has 20 heavy (non-hydrogen) atoms. The molecule has 2 aromatic rings. The number of para-hydroxylation sites is 1. The molecule has 4 nitrogen and oxygen atoms in total. The Hall–Kier alpha value is -1.84. The summed E-state index contributed by atoms with van der Waals surface area (Å²) in [6, 6.07) is 6.52. The van der Waals surface area contributed by atoms with E-state index >= 15 is 0 Å². The number of hydrogen-bond acceptors (Lipinski definition) is 3. The van der Waals surface area contributed by atoms with E-state index in [0.29, 0.717) is 6.54 Å². The monoisotopic (exact) mass is 272 g/mol. The molecule has 0 aliphatic rings. The Kier molecular flexibility index (Phi) is 4.77. The number of nitrogens with zero attached hydrogens (tertiary/aromatic N) is 3. The number of nitrogens with one attached hydrogen (secondary N) is 1. The molecule has 0 atom stereocenters. The summed E-state index contributed by atoms with van der Waals surface area (Å²) in [5.41, 5.74) is 3.99. The maximum absolute atomic E-state index is 4.26. The van der Waals surface area contributed by atoms with Crippen LogP contribution >= 0.6 is 0 Å². The van der Waals surface area contributed by atoms with Crippen molar-refractivity contribution >= 4 is 5.69 Å². The highest BCUT2D eigenvalue weighted by Gasteiger charge is 2.09. The standard InChI is InChI=1S/C16H24N4/c1-5-12-9-8-10-13(6-2)16(12)17-11-15-19-18-14(7-3)20(15)4/h8-10,17H,5-7,11H2,1-4H3. The van der Waals surface area contributed by atoms with Crippen LogP contribution in [-0.2, 0) is 32.9 Å². The molecule has 108 valence electrons. The van der Waals surface area contributed by atoms with Gasteiger partial charge in [0.25, 0.3) is 0 Å². The molecule has 4 heteroatoms. The molecule has 0 unspecified atom stereocenters. The van der Waals surface area contributed by atoms with Crippen LogP contribution in [0.4, 0.5) is 5.69 Å². The van der Waals surface area contributed by atoms with Crippen LogP contribution in [0.1, 0.15) is 43.5 Å². The second kappa shape index (κ2) is 6.55. The van der Waals surface area contributed by atoms with Crippen LogP contribution in [-0.4, -0.2) is 14.8 Å². The number of rotatable bonds is 6. The summed E-state index contributed by atoms with van der Waals surface area (Å²) in [6.45, 7) is 7.20. The van der Waals surface area contributed by atoms with Gasteiger partial charge in [-0.15, -0.1) is 10.2 Å². The van der Waals surface area contributed by atoms with Crippen molar-refractivity contribution in [1.29, 1.82) is 0 Å². The summed E-state index contributed by atoms with van der Waals surface area (Å²) in [4.78, 5) is 0. The lowest BCUT2D eigenvalue weighted by atomic mass is 10.0. The number of anilines is 1. The summed E-state index contributed by atoms with van der Waals surface area (Å²) < 4.78 is 2.08. The van der Waals surface area contributed by atoms with Gasteiger partial charge in [-0.05, 0) is 24.0 Å². The number of benzene rings is 1. The molecule has 2 rings (SSSR count). The Morgan fingerprint density at radius 2 is 1.55 bits per heavy atom. The third-order valence-electron chi connectivity index (χ3n) is 3.79. The molecule has 0 bridgehead atoms. The van der Waals surface area contributed by atoms with Gasteiger partial charge in [0.2, 0.25) is 0 Å². The summed E-state index contributed by atoms with van der Waals surface area (Å²) in [5, 5.41) is 12.0. The third-order valence-corrected chi connectivity index (χ3v) is 3.79. The Morgan fingerprint density at radius 1 is 0.950 bits per heavy atom. The minimum Gasteiger partial charge on any atom is -0.377 e. The zero-order valence-corrected chi connectivity index (χ0v) is 12.9. The predicted octanol–water partition coefficient (Wildman–Crippen LogP) is 3.11. The number of aromatic nitrogens is 3. The van der Waals surface area contributed by atoms with E-state index in [1.807, 2.05) is 7.05 Å². The zero-order chi connectivity index (χ0) is 14.5. The highest BCUT2D eigenvalue weighted by atomic mass is 15.3. The first-order valence-electron chi connectivity index (χ1n) is 7.42. The predicted molar refractivity (Wildman–Crippen MR) is 82.9 cm³/mol. The van der Waals surface area contributed by atoms with Gasteiger partial charge in [-0.3, -0.25) is 0 Å². The maximum Gasteiger partial charge on any atom is 0.152 e. The van der Waals surface area contributed by atoms with Crippen LogP contribution in [0.15, 0.2) is 18.2 Å². The van der Waals surface area contributed by atoms with Gasteiger partial charge >= 0.3 is 0 Å². The van der Waals surface area contributed by atoms with Gasteiger partial charge in [0.1, 0.15) is 5.82 Å².